The zero-order chi connectivity index (χ0) is 11.4. The van der Waals surface area contributed by atoms with E-state index in [0.717, 1.165) is 24.5 Å². The van der Waals surface area contributed by atoms with Crippen LogP contribution in [-0.2, 0) is 6.42 Å². The highest BCUT2D eigenvalue weighted by Crippen LogP contribution is 2.23. The number of nitrogens with two attached hydrogens (primary N) is 1. The van der Waals surface area contributed by atoms with Crippen LogP contribution in [0.4, 0.5) is 11.4 Å². The van der Waals surface area contributed by atoms with E-state index in [1.54, 1.807) is 12.3 Å². The van der Waals surface area contributed by atoms with Gasteiger partial charge in [0.25, 0.3) is 0 Å². The van der Waals surface area contributed by atoms with E-state index >= 15 is 0 Å². The summed E-state index contributed by atoms with van der Waals surface area (Å²) >= 11 is 6.02. The van der Waals surface area contributed by atoms with Crippen molar-refractivity contribution >= 4 is 23.0 Å². The molecular weight excluding hydrogens is 224 g/mol. The number of halogens is 1. The highest BCUT2D eigenvalue weighted by Gasteiger charge is 2.00. The summed E-state index contributed by atoms with van der Waals surface area (Å²) in [6.45, 7) is 0.775. The number of anilines is 2. The minimum absolute atomic E-state index is 0.638. The van der Waals surface area contributed by atoms with Crippen LogP contribution in [0.2, 0.25) is 5.02 Å². The van der Waals surface area contributed by atoms with E-state index < -0.39 is 0 Å². The van der Waals surface area contributed by atoms with Crippen LogP contribution in [0.3, 0.4) is 0 Å². The van der Waals surface area contributed by atoms with Gasteiger partial charge in [-0.2, -0.15) is 0 Å². The first kappa shape index (κ1) is 10.8. The van der Waals surface area contributed by atoms with Crippen molar-refractivity contribution in [1.82, 2.24) is 9.97 Å². The lowest BCUT2D eigenvalue weighted by atomic mass is 10.2. The van der Waals surface area contributed by atoms with Crippen molar-refractivity contribution in [1.29, 1.82) is 0 Å². The van der Waals surface area contributed by atoms with Gasteiger partial charge in [-0.3, -0.25) is 0 Å². The Hall–Kier alpha value is -1.68. The Labute approximate surface area is 98.8 Å². The van der Waals surface area contributed by atoms with Gasteiger partial charge in [-0.1, -0.05) is 11.6 Å². The molecule has 0 spiro atoms. The molecule has 16 heavy (non-hydrogen) atoms. The number of benzene rings is 1. The molecule has 0 aliphatic rings. The van der Waals surface area contributed by atoms with Gasteiger partial charge in [0.1, 0.15) is 5.82 Å². The van der Waals surface area contributed by atoms with Crippen LogP contribution >= 0.6 is 11.6 Å². The fraction of sp³-hybridized carbons (Fsp3) is 0.182. The van der Waals surface area contributed by atoms with Crippen LogP contribution in [0.5, 0.6) is 0 Å². The molecule has 0 unspecified atom stereocenters. The van der Waals surface area contributed by atoms with Gasteiger partial charge in [0.2, 0.25) is 0 Å². The number of nitrogens with one attached hydrogen (secondary N) is 2. The normalized spacial score (nSPS) is 10.3. The van der Waals surface area contributed by atoms with Gasteiger partial charge in [0.15, 0.2) is 0 Å². The summed E-state index contributed by atoms with van der Waals surface area (Å²) in [7, 11) is 0. The second kappa shape index (κ2) is 4.90. The zero-order valence-corrected chi connectivity index (χ0v) is 9.46. The Bertz CT molecular complexity index is 453. The Balaban J connectivity index is 1.90. The third-order valence-electron chi connectivity index (χ3n) is 2.23. The number of H-pyrrole nitrogens is 1. The zero-order valence-electron chi connectivity index (χ0n) is 8.70. The summed E-state index contributed by atoms with van der Waals surface area (Å²) in [6, 6.07) is 5.43. The first-order valence-electron chi connectivity index (χ1n) is 5.03. The predicted octanol–water partition coefficient (Wildman–Crippen LogP) is 2.30. The van der Waals surface area contributed by atoms with Gasteiger partial charge in [0.05, 0.1) is 10.7 Å². The van der Waals surface area contributed by atoms with Crippen LogP contribution in [0.1, 0.15) is 5.82 Å². The molecule has 0 aliphatic heterocycles. The topological polar surface area (TPSA) is 66.7 Å². The molecule has 1 heterocycles. The average molecular weight is 237 g/mol. The van der Waals surface area contributed by atoms with E-state index in [4.69, 9.17) is 17.3 Å². The SMILES string of the molecule is Nc1ccc(NCCc2ncc[nH]2)c(Cl)c1. The molecule has 0 bridgehead atoms. The molecule has 84 valence electrons. The fourth-order valence-electron chi connectivity index (χ4n) is 1.42. The van der Waals surface area contributed by atoms with E-state index in [0.29, 0.717) is 10.7 Å². The predicted molar refractivity (Wildman–Crippen MR) is 66.6 cm³/mol. The van der Waals surface area contributed by atoms with E-state index in [9.17, 15) is 0 Å². The number of imidazole rings is 1. The molecule has 0 amide bonds. The molecule has 4 N–H and O–H groups in total. The van der Waals surface area contributed by atoms with Crippen LogP contribution < -0.4 is 11.1 Å². The van der Waals surface area contributed by atoms with Crippen molar-refractivity contribution in [3.05, 3.63) is 41.4 Å². The largest absolute Gasteiger partial charge is 0.399 e. The van der Waals surface area contributed by atoms with Gasteiger partial charge in [-0.25, -0.2) is 4.98 Å². The van der Waals surface area contributed by atoms with Crippen molar-refractivity contribution < 1.29 is 0 Å². The third kappa shape index (κ3) is 2.67. The van der Waals surface area contributed by atoms with Gasteiger partial charge in [-0.05, 0) is 18.2 Å². The number of hydrogen-bond donors (Lipinski definition) is 3. The molecular formula is C11H13ClN4. The summed E-state index contributed by atoms with van der Waals surface area (Å²) < 4.78 is 0. The van der Waals surface area contributed by atoms with Crippen LogP contribution in [0.25, 0.3) is 0 Å². The molecule has 5 heteroatoms. The number of aromatic amines is 1. The lowest BCUT2D eigenvalue weighted by Gasteiger charge is -2.07. The maximum absolute atomic E-state index is 6.02. The van der Waals surface area contributed by atoms with Gasteiger partial charge < -0.3 is 16.0 Å². The van der Waals surface area contributed by atoms with Crippen molar-refractivity contribution in [3.63, 3.8) is 0 Å². The molecule has 0 radical (unpaired) electrons. The second-order valence-electron chi connectivity index (χ2n) is 3.45. The van der Waals surface area contributed by atoms with Crippen molar-refractivity contribution in [2.75, 3.05) is 17.6 Å². The second-order valence-corrected chi connectivity index (χ2v) is 3.86. The van der Waals surface area contributed by atoms with Crippen molar-refractivity contribution in [2.45, 2.75) is 6.42 Å². The molecule has 2 aromatic rings. The van der Waals surface area contributed by atoms with E-state index in [1.807, 2.05) is 18.3 Å². The quantitative estimate of drug-likeness (QED) is 0.714. The summed E-state index contributed by atoms with van der Waals surface area (Å²) in [4.78, 5) is 7.18. The number of rotatable bonds is 4. The molecule has 4 nitrogen and oxygen atoms in total. The molecule has 1 aromatic carbocycles. The van der Waals surface area contributed by atoms with E-state index in [2.05, 4.69) is 15.3 Å². The lowest BCUT2D eigenvalue weighted by molar-refractivity contribution is 0.927. The van der Waals surface area contributed by atoms with Crippen molar-refractivity contribution in [2.24, 2.45) is 0 Å². The summed E-state index contributed by atoms with van der Waals surface area (Å²) in [5.74, 6) is 0.957. The molecule has 0 saturated heterocycles. The lowest BCUT2D eigenvalue weighted by Crippen LogP contribution is -2.06. The van der Waals surface area contributed by atoms with Gasteiger partial charge in [-0.15, -0.1) is 0 Å². The van der Waals surface area contributed by atoms with E-state index in [1.165, 1.54) is 0 Å². The Morgan fingerprint density at radius 3 is 3.00 bits per heavy atom. The van der Waals surface area contributed by atoms with Crippen molar-refractivity contribution in [3.8, 4) is 0 Å². The molecule has 0 saturated carbocycles. The van der Waals surface area contributed by atoms with Crippen LogP contribution in [-0.4, -0.2) is 16.5 Å². The Morgan fingerprint density at radius 1 is 1.44 bits per heavy atom. The first-order chi connectivity index (χ1) is 7.75. The molecule has 0 aliphatic carbocycles. The van der Waals surface area contributed by atoms with Gasteiger partial charge >= 0.3 is 0 Å². The molecule has 1 aromatic heterocycles. The fourth-order valence-corrected chi connectivity index (χ4v) is 1.68. The standard InChI is InChI=1S/C11H13ClN4/c12-9-7-8(13)1-2-10(9)14-4-3-11-15-5-6-16-11/h1-2,5-7,14H,3-4,13H2,(H,15,16). The maximum Gasteiger partial charge on any atom is 0.107 e. The summed E-state index contributed by atoms with van der Waals surface area (Å²) in [5.41, 5.74) is 7.17. The highest BCUT2D eigenvalue weighted by molar-refractivity contribution is 6.33. The molecule has 0 fully saturated rings. The number of aromatic nitrogens is 2. The van der Waals surface area contributed by atoms with E-state index in [-0.39, 0.29) is 0 Å². The minimum atomic E-state index is 0.638. The number of nitrogen functional groups attached to an aromatic ring is 1. The summed E-state index contributed by atoms with van der Waals surface area (Å²) in [6.07, 6.45) is 4.38. The van der Waals surface area contributed by atoms with Gasteiger partial charge in [0, 0.05) is 31.0 Å². The van der Waals surface area contributed by atoms with Crippen LogP contribution in [0, 0.1) is 0 Å². The Morgan fingerprint density at radius 2 is 2.31 bits per heavy atom. The highest BCUT2D eigenvalue weighted by atomic mass is 35.5. The molecule has 0 atom stereocenters. The minimum Gasteiger partial charge on any atom is -0.399 e. The number of nitrogens with zero attached hydrogens (tertiary/aromatic N) is 1. The summed E-state index contributed by atoms with van der Waals surface area (Å²) in [5, 5.41) is 3.87. The monoisotopic (exact) mass is 236 g/mol. The Kier molecular flexibility index (Phi) is 3.31. The first-order valence-corrected chi connectivity index (χ1v) is 5.40. The average Bonchev–Trinajstić information content (AvgIpc) is 2.74. The van der Waals surface area contributed by atoms with Crippen LogP contribution in [0.15, 0.2) is 30.6 Å². The maximum atomic E-state index is 6.02. The third-order valence-corrected chi connectivity index (χ3v) is 2.54. The number of hydrogen-bond acceptors (Lipinski definition) is 3. The smallest absolute Gasteiger partial charge is 0.107 e. The molecule has 2 rings (SSSR count).